The summed E-state index contributed by atoms with van der Waals surface area (Å²) in [6.07, 6.45) is 0. The van der Waals surface area contributed by atoms with Gasteiger partial charge < -0.3 is 0 Å². The molecule has 1 rings (SSSR count). The van der Waals surface area contributed by atoms with E-state index in [1.807, 2.05) is 0 Å². The number of rotatable bonds is 1. The van der Waals surface area contributed by atoms with Crippen LogP contribution in [0.5, 0.6) is 0 Å². The van der Waals surface area contributed by atoms with Crippen molar-refractivity contribution in [3.8, 4) is 0 Å². The zero-order chi connectivity index (χ0) is 6.69. The Bertz CT molecular complexity index is 172. The summed E-state index contributed by atoms with van der Waals surface area (Å²) in [5.74, 6) is 0. The van der Waals surface area contributed by atoms with Gasteiger partial charge in [-0.3, -0.25) is 0 Å². The van der Waals surface area contributed by atoms with Gasteiger partial charge in [-0.2, -0.15) is 0 Å². The van der Waals surface area contributed by atoms with Crippen LogP contribution in [0.1, 0.15) is 0 Å². The second-order valence-electron chi connectivity index (χ2n) is 2.23. The zero-order valence-corrected chi connectivity index (χ0v) is 9.82. The fourth-order valence-electron chi connectivity index (χ4n) is 0.726. The SMILES string of the molecule is CP(C)c1ccccc1.[Re]. The largest absolute Gasteiger partial charge is 0.0817 e. The number of hydrogen-bond acceptors (Lipinski definition) is 0. The Balaban J connectivity index is 0.000000810. The average Bonchev–Trinajstić information content (AvgIpc) is 1.90. The Labute approximate surface area is 77.4 Å². The Morgan fingerprint density at radius 2 is 1.50 bits per heavy atom. The van der Waals surface area contributed by atoms with Gasteiger partial charge in [0, 0.05) is 20.4 Å². The van der Waals surface area contributed by atoms with E-state index in [0.29, 0.717) is 0 Å². The van der Waals surface area contributed by atoms with Crippen LogP contribution in [0.4, 0.5) is 0 Å². The van der Waals surface area contributed by atoms with Crippen LogP contribution in [-0.2, 0) is 20.4 Å². The molecule has 0 saturated carbocycles. The summed E-state index contributed by atoms with van der Waals surface area (Å²) in [5.41, 5.74) is 0. The minimum absolute atomic E-state index is 0. The minimum atomic E-state index is 0. The van der Waals surface area contributed by atoms with Gasteiger partial charge in [0.2, 0.25) is 0 Å². The summed E-state index contributed by atoms with van der Waals surface area (Å²) in [5, 5.41) is 1.48. The second kappa shape index (κ2) is 5.03. The van der Waals surface area contributed by atoms with Gasteiger partial charge in [-0.15, -0.1) is 0 Å². The molecule has 1 aromatic carbocycles. The molecule has 55 valence electrons. The molecule has 0 unspecified atom stereocenters. The number of benzene rings is 1. The summed E-state index contributed by atoms with van der Waals surface area (Å²) >= 11 is 0. The Hall–Kier alpha value is 0.312. The monoisotopic (exact) mass is 325 g/mol. The second-order valence-corrected chi connectivity index (χ2v) is 4.54. The van der Waals surface area contributed by atoms with Crippen LogP contribution in [0.15, 0.2) is 30.3 Å². The smallest absolute Gasteiger partial charge is 0 e. The molecule has 10 heavy (non-hydrogen) atoms. The summed E-state index contributed by atoms with van der Waals surface area (Å²) in [4.78, 5) is 0. The molecule has 1 radical (unpaired) electrons. The molecule has 2 heteroatoms. The van der Waals surface area contributed by atoms with Crippen molar-refractivity contribution in [1.29, 1.82) is 0 Å². The van der Waals surface area contributed by atoms with E-state index < -0.39 is 0 Å². The predicted molar refractivity (Wildman–Crippen MR) is 44.8 cm³/mol. The Morgan fingerprint density at radius 3 is 1.80 bits per heavy atom. The molecule has 0 aliphatic rings. The summed E-state index contributed by atoms with van der Waals surface area (Å²) < 4.78 is 0. The maximum Gasteiger partial charge on any atom is 0 e. The van der Waals surface area contributed by atoms with Gasteiger partial charge >= 0.3 is 0 Å². The summed E-state index contributed by atoms with van der Waals surface area (Å²) in [7, 11) is 0.104. The summed E-state index contributed by atoms with van der Waals surface area (Å²) in [6.45, 7) is 4.54. The molecule has 0 nitrogen and oxygen atoms in total. The van der Waals surface area contributed by atoms with Crippen LogP contribution in [0.3, 0.4) is 0 Å². The minimum Gasteiger partial charge on any atom is -0.0817 e. The molecule has 0 saturated heterocycles. The third-order valence-electron chi connectivity index (χ3n) is 1.27. The van der Waals surface area contributed by atoms with Crippen molar-refractivity contribution in [2.45, 2.75) is 0 Å². The van der Waals surface area contributed by atoms with Crippen molar-refractivity contribution >= 4 is 13.2 Å². The van der Waals surface area contributed by atoms with Gasteiger partial charge in [-0.1, -0.05) is 38.3 Å². The van der Waals surface area contributed by atoms with Crippen LogP contribution in [0.2, 0.25) is 0 Å². The predicted octanol–water partition coefficient (Wildman–Crippen LogP) is 2.05. The van der Waals surface area contributed by atoms with Gasteiger partial charge in [0.15, 0.2) is 0 Å². The molecule has 0 heterocycles. The van der Waals surface area contributed by atoms with E-state index in [1.54, 1.807) is 0 Å². The maximum atomic E-state index is 2.27. The van der Waals surface area contributed by atoms with E-state index in [2.05, 4.69) is 43.7 Å². The fraction of sp³-hybridized carbons (Fsp3) is 0.250. The first-order chi connectivity index (χ1) is 4.30. The first-order valence-electron chi connectivity index (χ1n) is 3.03. The molecule has 0 spiro atoms. The quantitative estimate of drug-likeness (QED) is 0.694. The Kier molecular flexibility index (Phi) is 5.19. The molecule has 1 aromatic rings. The van der Waals surface area contributed by atoms with Crippen molar-refractivity contribution in [3.63, 3.8) is 0 Å². The molecule has 0 N–H and O–H groups in total. The molecule has 0 amide bonds. The van der Waals surface area contributed by atoms with Crippen molar-refractivity contribution < 1.29 is 20.4 Å². The molecule has 0 aliphatic heterocycles. The van der Waals surface area contributed by atoms with E-state index in [-0.39, 0.29) is 28.3 Å². The molecule has 0 aromatic heterocycles. The fourth-order valence-corrected chi connectivity index (χ4v) is 1.49. The van der Waals surface area contributed by atoms with Crippen LogP contribution < -0.4 is 5.30 Å². The Morgan fingerprint density at radius 1 is 1.00 bits per heavy atom. The van der Waals surface area contributed by atoms with Crippen molar-refractivity contribution in [2.24, 2.45) is 0 Å². The van der Waals surface area contributed by atoms with Crippen LogP contribution in [-0.4, -0.2) is 13.3 Å². The number of hydrogen-bond donors (Lipinski definition) is 0. The normalized spacial score (nSPS) is 9.10. The van der Waals surface area contributed by atoms with Crippen LogP contribution >= 0.6 is 7.92 Å². The molecule has 0 atom stereocenters. The van der Waals surface area contributed by atoms with E-state index in [1.165, 1.54) is 5.30 Å². The van der Waals surface area contributed by atoms with Gasteiger partial charge in [0.25, 0.3) is 0 Å². The molecule has 0 aliphatic carbocycles. The standard InChI is InChI=1S/C8H11P.Re/c1-9(2)8-6-4-3-5-7-8;/h3-7H,1-2H3;. The average molecular weight is 324 g/mol. The van der Waals surface area contributed by atoms with Crippen molar-refractivity contribution in [2.75, 3.05) is 13.3 Å². The maximum absolute atomic E-state index is 2.27. The van der Waals surface area contributed by atoms with E-state index in [0.717, 1.165) is 0 Å². The van der Waals surface area contributed by atoms with Gasteiger partial charge in [-0.25, -0.2) is 0 Å². The topological polar surface area (TPSA) is 0 Å². The first kappa shape index (κ1) is 10.3. The molecule has 0 bridgehead atoms. The molecule has 0 fully saturated rings. The molecular formula is C8H11PRe. The zero-order valence-electron chi connectivity index (χ0n) is 6.21. The summed E-state index contributed by atoms with van der Waals surface area (Å²) in [6, 6.07) is 10.6. The third kappa shape index (κ3) is 2.93. The van der Waals surface area contributed by atoms with Crippen molar-refractivity contribution in [1.82, 2.24) is 0 Å². The van der Waals surface area contributed by atoms with E-state index >= 15 is 0 Å². The first-order valence-corrected chi connectivity index (χ1v) is 5.26. The van der Waals surface area contributed by atoms with Crippen molar-refractivity contribution in [3.05, 3.63) is 30.3 Å². The van der Waals surface area contributed by atoms with Gasteiger partial charge in [0.1, 0.15) is 0 Å². The van der Waals surface area contributed by atoms with Crippen LogP contribution in [0, 0.1) is 0 Å². The third-order valence-corrected chi connectivity index (χ3v) is 2.60. The van der Waals surface area contributed by atoms with Gasteiger partial charge in [0.05, 0.1) is 0 Å². The van der Waals surface area contributed by atoms with E-state index in [4.69, 9.17) is 0 Å². The van der Waals surface area contributed by atoms with Gasteiger partial charge in [-0.05, 0) is 18.6 Å². The van der Waals surface area contributed by atoms with Crippen LogP contribution in [0.25, 0.3) is 0 Å². The molecular weight excluding hydrogens is 313 g/mol. The van der Waals surface area contributed by atoms with E-state index in [9.17, 15) is 0 Å².